The summed E-state index contributed by atoms with van der Waals surface area (Å²) in [7, 11) is 0. The maximum absolute atomic E-state index is 6.91. The van der Waals surface area contributed by atoms with Crippen LogP contribution in [-0.4, -0.2) is 26.4 Å². The average Bonchev–Trinajstić information content (AvgIpc) is 3.52. The summed E-state index contributed by atoms with van der Waals surface area (Å²) in [5, 5.41) is 1.92. The van der Waals surface area contributed by atoms with Gasteiger partial charge in [-0.3, -0.25) is 0 Å². The fraction of sp³-hybridized carbons (Fsp3) is 0.739. The topological polar surface area (TPSA) is 50.1 Å². The van der Waals surface area contributed by atoms with Gasteiger partial charge in [-0.15, -0.1) is 0 Å². The van der Waals surface area contributed by atoms with Crippen LogP contribution in [0.4, 0.5) is 0 Å². The van der Waals surface area contributed by atoms with Crippen molar-refractivity contribution in [1.29, 1.82) is 0 Å². The number of unbranched alkanes of at least 4 members (excludes halogenated alkanes) is 20. The second-order valence-corrected chi connectivity index (χ2v) is 15.0. The largest absolute Gasteiger partial charge is 0.493 e. The van der Waals surface area contributed by atoms with Gasteiger partial charge in [0.05, 0.1) is 37.2 Å². The van der Waals surface area contributed by atoms with Crippen molar-refractivity contribution < 1.29 is 23.4 Å². The Hall–Kier alpha value is -2.56. The summed E-state index contributed by atoms with van der Waals surface area (Å²) in [6.45, 7) is 16.1. The van der Waals surface area contributed by atoms with E-state index >= 15 is 0 Å². The fourth-order valence-corrected chi connectivity index (χ4v) is 7.08. The van der Waals surface area contributed by atoms with Crippen LogP contribution in [0, 0.1) is 13.8 Å². The summed E-state index contributed by atoms with van der Waals surface area (Å²) < 4.78 is 33.4. The normalized spacial score (nSPS) is 11.6. The van der Waals surface area contributed by atoms with Gasteiger partial charge in [0.25, 0.3) is 0 Å². The molecule has 0 aliphatic carbocycles. The van der Waals surface area contributed by atoms with Gasteiger partial charge in [0.1, 0.15) is 11.5 Å². The zero-order chi connectivity index (χ0) is 36.5. The Balaban J connectivity index is 1.97. The van der Waals surface area contributed by atoms with Gasteiger partial charge in [-0.1, -0.05) is 156 Å². The molecule has 0 fully saturated rings. The number of aryl methyl sites for hydroxylation is 2. The van der Waals surface area contributed by atoms with E-state index in [1.165, 1.54) is 128 Å². The van der Waals surface area contributed by atoms with Gasteiger partial charge in [-0.2, -0.15) is 0 Å². The molecule has 51 heavy (non-hydrogen) atoms. The van der Waals surface area contributed by atoms with Gasteiger partial charge in [-0.05, 0) is 62.8 Å². The third-order valence-electron chi connectivity index (χ3n) is 10.2. The van der Waals surface area contributed by atoms with E-state index < -0.39 is 0 Å². The molecule has 0 saturated heterocycles. The standard InChI is InChI=1S/C46H76O5/c1-7-11-15-19-23-27-31-47-39-35-37(5)43(49-33-29-25-21-17-13-9-3)45-41(39)42-40(48-32-28-24-20-16-12-8-2)36-38(6)44(46(42)51-45)50-34-30-26-22-18-14-10-4/h35-36H,7-34H2,1-6H3. The minimum atomic E-state index is 0.679. The molecule has 5 nitrogen and oxygen atoms in total. The first-order valence-electron chi connectivity index (χ1n) is 21.6. The number of fused-ring (bicyclic) bond motifs is 3. The van der Waals surface area contributed by atoms with E-state index in [0.29, 0.717) is 26.4 Å². The lowest BCUT2D eigenvalue weighted by Gasteiger charge is -2.15. The van der Waals surface area contributed by atoms with E-state index in [9.17, 15) is 0 Å². The highest BCUT2D eigenvalue weighted by atomic mass is 16.5. The predicted molar refractivity (Wildman–Crippen MR) is 219 cm³/mol. The molecule has 0 radical (unpaired) electrons. The minimum absolute atomic E-state index is 0.679. The first-order chi connectivity index (χ1) is 25.1. The lowest BCUT2D eigenvalue weighted by molar-refractivity contribution is 0.294. The quantitative estimate of drug-likeness (QED) is 0.0604. The lowest BCUT2D eigenvalue weighted by Crippen LogP contribution is -2.03. The Morgan fingerprint density at radius 1 is 0.373 bits per heavy atom. The number of rotatable bonds is 32. The van der Waals surface area contributed by atoms with Gasteiger partial charge in [0, 0.05) is 0 Å². The molecule has 3 aromatic rings. The van der Waals surface area contributed by atoms with Gasteiger partial charge in [0.15, 0.2) is 22.7 Å². The highest BCUT2D eigenvalue weighted by Gasteiger charge is 2.26. The third-order valence-corrected chi connectivity index (χ3v) is 10.2. The molecule has 5 heteroatoms. The lowest BCUT2D eigenvalue weighted by atomic mass is 10.0. The Morgan fingerprint density at radius 3 is 0.961 bits per heavy atom. The molecule has 0 aliphatic heterocycles. The van der Waals surface area contributed by atoms with Crippen molar-refractivity contribution in [3.05, 3.63) is 23.3 Å². The molecule has 2 aromatic carbocycles. The van der Waals surface area contributed by atoms with Crippen LogP contribution in [0.5, 0.6) is 23.0 Å². The molecular weight excluding hydrogens is 633 g/mol. The Labute approximate surface area is 312 Å². The zero-order valence-corrected chi connectivity index (χ0v) is 34.0. The summed E-state index contributed by atoms with van der Waals surface area (Å²) in [5.74, 6) is 3.36. The van der Waals surface area contributed by atoms with E-state index in [4.69, 9.17) is 23.4 Å². The summed E-state index contributed by atoms with van der Waals surface area (Å²) in [5.41, 5.74) is 3.61. The molecule has 0 amide bonds. The SMILES string of the molecule is CCCCCCCCOc1c(C)cc(OCCCCCCCC)c2c1oc1c(OCCCCCCCC)c(C)cc(OCCCCCCCC)c12. The molecule has 0 spiro atoms. The van der Waals surface area contributed by atoms with Crippen molar-refractivity contribution in [3.8, 4) is 23.0 Å². The first-order valence-corrected chi connectivity index (χ1v) is 21.6. The van der Waals surface area contributed by atoms with Crippen LogP contribution in [0.1, 0.15) is 193 Å². The van der Waals surface area contributed by atoms with Gasteiger partial charge < -0.3 is 23.4 Å². The Morgan fingerprint density at radius 2 is 0.647 bits per heavy atom. The summed E-state index contributed by atoms with van der Waals surface area (Å²) in [6, 6.07) is 4.33. The van der Waals surface area contributed by atoms with E-state index in [1.807, 2.05) is 0 Å². The number of benzene rings is 2. The van der Waals surface area contributed by atoms with E-state index in [-0.39, 0.29) is 0 Å². The summed E-state index contributed by atoms with van der Waals surface area (Å²) >= 11 is 0. The maximum Gasteiger partial charge on any atom is 0.181 e. The van der Waals surface area contributed by atoms with Crippen LogP contribution >= 0.6 is 0 Å². The third kappa shape index (κ3) is 14.8. The van der Waals surface area contributed by atoms with Gasteiger partial charge in [-0.25, -0.2) is 0 Å². The molecule has 0 saturated carbocycles. The van der Waals surface area contributed by atoms with Crippen LogP contribution in [0.25, 0.3) is 21.9 Å². The van der Waals surface area contributed by atoms with E-state index in [2.05, 4.69) is 53.7 Å². The summed E-state index contributed by atoms with van der Waals surface area (Å²) in [6.07, 6.45) is 29.5. The molecule has 290 valence electrons. The molecule has 0 N–H and O–H groups in total. The van der Waals surface area contributed by atoms with Crippen LogP contribution < -0.4 is 18.9 Å². The number of ether oxygens (including phenoxy) is 4. The van der Waals surface area contributed by atoms with Crippen LogP contribution in [0.3, 0.4) is 0 Å². The first kappa shape index (κ1) is 42.8. The van der Waals surface area contributed by atoms with Crippen molar-refractivity contribution in [2.75, 3.05) is 26.4 Å². The van der Waals surface area contributed by atoms with Crippen LogP contribution in [0.15, 0.2) is 16.5 Å². The smallest absolute Gasteiger partial charge is 0.181 e. The zero-order valence-electron chi connectivity index (χ0n) is 34.0. The highest BCUT2D eigenvalue weighted by Crippen LogP contribution is 2.49. The van der Waals surface area contributed by atoms with Crippen molar-refractivity contribution in [3.63, 3.8) is 0 Å². The predicted octanol–water partition coefficient (Wildman–Crippen LogP) is 15.2. The van der Waals surface area contributed by atoms with E-state index in [1.54, 1.807) is 0 Å². The molecule has 0 aliphatic rings. The van der Waals surface area contributed by atoms with Crippen molar-refractivity contribution >= 4 is 21.9 Å². The molecule has 0 bridgehead atoms. The Bertz CT molecular complexity index is 1240. The van der Waals surface area contributed by atoms with Crippen LogP contribution in [-0.2, 0) is 0 Å². The highest BCUT2D eigenvalue weighted by molar-refractivity contribution is 6.15. The second kappa shape index (κ2) is 26.2. The summed E-state index contributed by atoms with van der Waals surface area (Å²) in [4.78, 5) is 0. The molecule has 0 atom stereocenters. The monoisotopic (exact) mass is 709 g/mol. The fourth-order valence-electron chi connectivity index (χ4n) is 7.08. The molecule has 0 unspecified atom stereocenters. The average molecular weight is 709 g/mol. The number of hydrogen-bond acceptors (Lipinski definition) is 5. The van der Waals surface area contributed by atoms with Crippen molar-refractivity contribution in [2.24, 2.45) is 0 Å². The molecular formula is C46H76O5. The molecule has 3 rings (SSSR count). The minimum Gasteiger partial charge on any atom is -0.493 e. The van der Waals surface area contributed by atoms with Gasteiger partial charge in [0.2, 0.25) is 0 Å². The van der Waals surface area contributed by atoms with Crippen molar-refractivity contribution in [1.82, 2.24) is 0 Å². The second-order valence-electron chi connectivity index (χ2n) is 15.0. The van der Waals surface area contributed by atoms with Gasteiger partial charge >= 0.3 is 0 Å². The number of furan rings is 1. The van der Waals surface area contributed by atoms with Crippen LogP contribution in [0.2, 0.25) is 0 Å². The maximum atomic E-state index is 6.91. The molecule has 1 aromatic heterocycles. The molecule has 1 heterocycles. The van der Waals surface area contributed by atoms with Crippen molar-refractivity contribution in [2.45, 2.75) is 196 Å². The Kier molecular flexibility index (Phi) is 22.0. The van der Waals surface area contributed by atoms with E-state index in [0.717, 1.165) is 81.7 Å². The number of hydrogen-bond donors (Lipinski definition) is 0.